The second-order valence-electron chi connectivity index (χ2n) is 5.23. The Balaban J connectivity index is 2.10. The monoisotopic (exact) mass is 361 g/mol. The minimum Gasteiger partial charge on any atom is -0.393 e. The maximum atomic E-state index is 12.1. The molecule has 0 spiro atoms. The molecule has 1 amide bonds. The van der Waals surface area contributed by atoms with Crippen molar-refractivity contribution in [2.75, 3.05) is 56.6 Å². The first kappa shape index (κ1) is 19.3. The van der Waals surface area contributed by atoms with Gasteiger partial charge in [0.05, 0.1) is 13.2 Å². The van der Waals surface area contributed by atoms with Crippen LogP contribution >= 0.6 is 0 Å². The highest BCUT2D eigenvalue weighted by Crippen LogP contribution is 2.25. The number of carbonyl (C=O) groups is 1. The van der Waals surface area contributed by atoms with Crippen LogP contribution in [-0.2, 0) is 9.47 Å². The summed E-state index contributed by atoms with van der Waals surface area (Å²) in [5.74, 6) is 0.420. The third kappa shape index (κ3) is 5.26. The zero-order valence-electron chi connectivity index (χ0n) is 14.8. The Morgan fingerprint density at radius 2 is 1.88 bits per heavy atom. The van der Waals surface area contributed by atoms with E-state index in [1.807, 2.05) is 4.90 Å². The molecule has 0 saturated heterocycles. The third-order valence-corrected chi connectivity index (χ3v) is 3.49. The molecule has 0 aromatic carbocycles. The molecule has 0 saturated carbocycles. The van der Waals surface area contributed by atoms with Crippen LogP contribution in [0.1, 0.15) is 10.5 Å². The minimum absolute atomic E-state index is 0.273. The van der Waals surface area contributed by atoms with Gasteiger partial charge in [-0.25, -0.2) is 9.97 Å². The second kappa shape index (κ2) is 10.1. The SMILES string of the molecule is COCCN(CCOC)c1ncnc(NNC(=O)c2ccccn2)c1N. The standard InChI is InChI=1S/C16H23N7O3/c1-25-9-7-23(8-10-26-2)15-13(17)14(19-11-20-15)21-22-16(24)12-5-3-4-6-18-12/h3-6,11H,7-10,17H2,1-2H3,(H,22,24)(H,19,20,21). The summed E-state index contributed by atoms with van der Waals surface area (Å²) < 4.78 is 10.3. The number of aromatic nitrogens is 3. The van der Waals surface area contributed by atoms with Gasteiger partial charge in [-0.15, -0.1) is 0 Å². The maximum Gasteiger partial charge on any atom is 0.288 e. The van der Waals surface area contributed by atoms with Gasteiger partial charge in [-0.05, 0) is 12.1 Å². The summed E-state index contributed by atoms with van der Waals surface area (Å²) in [7, 11) is 3.25. The molecule has 2 rings (SSSR count). The van der Waals surface area contributed by atoms with Crippen LogP contribution in [0.3, 0.4) is 0 Å². The number of amides is 1. The van der Waals surface area contributed by atoms with E-state index in [4.69, 9.17) is 15.2 Å². The smallest absolute Gasteiger partial charge is 0.288 e. The fraction of sp³-hybridized carbons (Fsp3) is 0.375. The van der Waals surface area contributed by atoms with Crippen molar-refractivity contribution in [2.45, 2.75) is 0 Å². The van der Waals surface area contributed by atoms with Crippen LogP contribution in [0.25, 0.3) is 0 Å². The highest BCUT2D eigenvalue weighted by atomic mass is 16.5. The van der Waals surface area contributed by atoms with E-state index in [1.54, 1.807) is 32.4 Å². The molecule has 0 aliphatic carbocycles. The van der Waals surface area contributed by atoms with Crippen molar-refractivity contribution in [3.63, 3.8) is 0 Å². The number of anilines is 3. The Hall–Kier alpha value is -2.98. The molecule has 0 aliphatic rings. The normalized spacial score (nSPS) is 10.4. The molecule has 2 heterocycles. The molecule has 10 nitrogen and oxygen atoms in total. The molecule has 0 radical (unpaired) electrons. The molecule has 0 atom stereocenters. The van der Waals surface area contributed by atoms with E-state index < -0.39 is 5.91 Å². The van der Waals surface area contributed by atoms with Crippen LogP contribution in [0, 0.1) is 0 Å². The number of hydrogen-bond donors (Lipinski definition) is 3. The van der Waals surface area contributed by atoms with Gasteiger partial charge >= 0.3 is 0 Å². The lowest BCUT2D eigenvalue weighted by molar-refractivity contribution is 0.0957. The van der Waals surface area contributed by atoms with Gasteiger partial charge in [0.2, 0.25) is 0 Å². The van der Waals surface area contributed by atoms with E-state index >= 15 is 0 Å². The summed E-state index contributed by atoms with van der Waals surface area (Å²) in [6.45, 7) is 2.18. The number of nitrogens with one attached hydrogen (secondary N) is 2. The van der Waals surface area contributed by atoms with Crippen LogP contribution in [0.5, 0.6) is 0 Å². The van der Waals surface area contributed by atoms with Crippen molar-refractivity contribution in [3.05, 3.63) is 36.4 Å². The molecular formula is C16H23N7O3. The molecule has 2 aromatic rings. The molecule has 2 aromatic heterocycles. The Labute approximate surface area is 151 Å². The molecular weight excluding hydrogens is 338 g/mol. The highest BCUT2D eigenvalue weighted by molar-refractivity contribution is 5.93. The summed E-state index contributed by atoms with van der Waals surface area (Å²) in [4.78, 5) is 26.3. The lowest BCUT2D eigenvalue weighted by atomic mass is 10.3. The van der Waals surface area contributed by atoms with E-state index in [0.29, 0.717) is 43.6 Å². The van der Waals surface area contributed by atoms with E-state index in [-0.39, 0.29) is 5.69 Å². The van der Waals surface area contributed by atoms with Gasteiger partial charge in [-0.3, -0.25) is 20.6 Å². The van der Waals surface area contributed by atoms with Gasteiger partial charge in [0.1, 0.15) is 17.7 Å². The van der Waals surface area contributed by atoms with Gasteiger partial charge < -0.3 is 20.1 Å². The van der Waals surface area contributed by atoms with Gasteiger partial charge in [0.25, 0.3) is 5.91 Å². The van der Waals surface area contributed by atoms with E-state index in [2.05, 4.69) is 25.8 Å². The van der Waals surface area contributed by atoms with Crippen molar-refractivity contribution < 1.29 is 14.3 Å². The quantitative estimate of drug-likeness (QED) is 0.512. The molecule has 140 valence electrons. The lowest BCUT2D eigenvalue weighted by Gasteiger charge is -2.25. The zero-order valence-corrected chi connectivity index (χ0v) is 14.8. The van der Waals surface area contributed by atoms with Crippen molar-refractivity contribution in [1.82, 2.24) is 20.4 Å². The molecule has 0 unspecified atom stereocenters. The average molecular weight is 361 g/mol. The summed E-state index contributed by atoms with van der Waals surface area (Å²) in [5, 5.41) is 0. The Bertz CT molecular complexity index is 691. The number of pyridine rings is 1. The van der Waals surface area contributed by atoms with Crippen molar-refractivity contribution in [2.24, 2.45) is 0 Å². The number of nitrogen functional groups attached to an aromatic ring is 1. The van der Waals surface area contributed by atoms with Crippen molar-refractivity contribution in [3.8, 4) is 0 Å². The summed E-state index contributed by atoms with van der Waals surface area (Å²) in [5.41, 5.74) is 12.0. The number of nitrogens with zero attached hydrogens (tertiary/aromatic N) is 4. The van der Waals surface area contributed by atoms with Crippen LogP contribution in [0.2, 0.25) is 0 Å². The molecule has 0 fully saturated rings. The Kier molecular flexibility index (Phi) is 7.52. The van der Waals surface area contributed by atoms with Crippen LogP contribution < -0.4 is 21.5 Å². The van der Waals surface area contributed by atoms with Crippen LogP contribution in [0.15, 0.2) is 30.7 Å². The molecule has 0 aliphatic heterocycles. The van der Waals surface area contributed by atoms with Gasteiger partial charge in [0.15, 0.2) is 11.6 Å². The van der Waals surface area contributed by atoms with E-state index in [9.17, 15) is 4.79 Å². The number of ether oxygens (including phenoxy) is 2. The van der Waals surface area contributed by atoms with Crippen LogP contribution in [0.4, 0.5) is 17.3 Å². The average Bonchev–Trinajstić information content (AvgIpc) is 2.68. The van der Waals surface area contributed by atoms with E-state index in [1.165, 1.54) is 12.5 Å². The predicted molar refractivity (Wildman–Crippen MR) is 97.7 cm³/mol. The Morgan fingerprint density at radius 3 is 2.50 bits per heavy atom. The van der Waals surface area contributed by atoms with E-state index in [0.717, 1.165) is 0 Å². The molecule has 10 heteroatoms. The molecule has 26 heavy (non-hydrogen) atoms. The lowest BCUT2D eigenvalue weighted by Crippen LogP contribution is -2.34. The summed E-state index contributed by atoms with van der Waals surface area (Å²) >= 11 is 0. The first-order valence-electron chi connectivity index (χ1n) is 7.98. The predicted octanol–water partition coefficient (Wildman–Crippen LogP) is 0.310. The number of hydrogen-bond acceptors (Lipinski definition) is 9. The first-order valence-corrected chi connectivity index (χ1v) is 7.98. The maximum absolute atomic E-state index is 12.1. The number of carbonyl (C=O) groups excluding carboxylic acids is 1. The number of methoxy groups -OCH3 is 2. The topological polar surface area (TPSA) is 128 Å². The highest BCUT2D eigenvalue weighted by Gasteiger charge is 2.16. The molecule has 0 bridgehead atoms. The second-order valence-corrected chi connectivity index (χ2v) is 5.23. The molecule has 4 N–H and O–H groups in total. The van der Waals surface area contributed by atoms with Gasteiger partial charge in [-0.2, -0.15) is 0 Å². The van der Waals surface area contributed by atoms with Crippen molar-refractivity contribution in [1.29, 1.82) is 0 Å². The number of nitrogens with two attached hydrogens (primary N) is 1. The Morgan fingerprint density at radius 1 is 1.15 bits per heavy atom. The fourth-order valence-corrected chi connectivity index (χ4v) is 2.14. The summed E-state index contributed by atoms with van der Waals surface area (Å²) in [6, 6.07) is 5.05. The zero-order chi connectivity index (χ0) is 18.8. The summed E-state index contributed by atoms with van der Waals surface area (Å²) in [6.07, 6.45) is 2.91. The fourth-order valence-electron chi connectivity index (χ4n) is 2.14. The van der Waals surface area contributed by atoms with Gasteiger partial charge in [0, 0.05) is 33.5 Å². The minimum atomic E-state index is -0.402. The third-order valence-electron chi connectivity index (χ3n) is 3.49. The van der Waals surface area contributed by atoms with Gasteiger partial charge in [-0.1, -0.05) is 6.07 Å². The first-order chi connectivity index (χ1) is 12.7. The number of hydrazine groups is 1. The van der Waals surface area contributed by atoms with Crippen molar-refractivity contribution >= 4 is 23.2 Å². The number of rotatable bonds is 10. The van der Waals surface area contributed by atoms with Crippen LogP contribution in [-0.4, -0.2) is 61.4 Å². The largest absolute Gasteiger partial charge is 0.393 e.